The zero-order valence-corrected chi connectivity index (χ0v) is 15.9. The summed E-state index contributed by atoms with van der Waals surface area (Å²) in [6, 6.07) is 1.80. The largest absolute Gasteiger partial charge is 0.312 e. The lowest BCUT2D eigenvalue weighted by molar-refractivity contribution is 0.222. The van der Waals surface area contributed by atoms with Crippen molar-refractivity contribution in [3.05, 3.63) is 14.7 Å². The van der Waals surface area contributed by atoms with Gasteiger partial charge in [0.1, 0.15) is 4.90 Å². The van der Waals surface area contributed by atoms with Gasteiger partial charge in [-0.3, -0.25) is 0 Å². The smallest absolute Gasteiger partial charge is 0.245 e. The van der Waals surface area contributed by atoms with E-state index < -0.39 is 10.0 Å². The van der Waals surface area contributed by atoms with Crippen molar-refractivity contribution in [3.63, 3.8) is 0 Å². The molecule has 0 aromatic carbocycles. The van der Waals surface area contributed by atoms with Gasteiger partial charge in [0.15, 0.2) is 0 Å². The molecule has 1 aliphatic rings. The highest BCUT2D eigenvalue weighted by atomic mass is 79.9. The average molecular weight is 395 g/mol. The van der Waals surface area contributed by atoms with E-state index in [1.54, 1.807) is 10.4 Å². The van der Waals surface area contributed by atoms with Crippen molar-refractivity contribution in [2.24, 2.45) is 11.8 Å². The van der Waals surface area contributed by atoms with E-state index in [-0.39, 0.29) is 0 Å². The molecule has 21 heavy (non-hydrogen) atoms. The molecule has 0 bridgehead atoms. The highest BCUT2D eigenvalue weighted by molar-refractivity contribution is 9.11. The fraction of sp³-hybridized carbons (Fsp3) is 0.714. The molecule has 2 rings (SSSR count). The van der Waals surface area contributed by atoms with Crippen LogP contribution in [0.3, 0.4) is 0 Å². The van der Waals surface area contributed by atoms with E-state index in [4.69, 9.17) is 0 Å². The van der Waals surface area contributed by atoms with Gasteiger partial charge in [-0.25, -0.2) is 8.42 Å². The van der Waals surface area contributed by atoms with Crippen molar-refractivity contribution in [1.29, 1.82) is 0 Å². The Balaban J connectivity index is 2.24. The molecule has 1 fully saturated rings. The first-order valence-electron chi connectivity index (χ1n) is 7.33. The number of halogens is 1. The van der Waals surface area contributed by atoms with Gasteiger partial charge in [0.2, 0.25) is 10.0 Å². The maximum absolute atomic E-state index is 12.9. The normalized spacial score (nSPS) is 24.4. The fourth-order valence-corrected chi connectivity index (χ4v) is 7.13. The Morgan fingerprint density at radius 2 is 2.00 bits per heavy atom. The molecule has 2 heterocycles. The van der Waals surface area contributed by atoms with Crippen LogP contribution in [0.2, 0.25) is 0 Å². The molecule has 0 amide bonds. The van der Waals surface area contributed by atoms with Gasteiger partial charge in [-0.1, -0.05) is 20.8 Å². The van der Waals surface area contributed by atoms with Crippen molar-refractivity contribution in [2.45, 2.75) is 38.6 Å². The van der Waals surface area contributed by atoms with Crippen molar-refractivity contribution in [3.8, 4) is 0 Å². The molecule has 0 saturated carbocycles. The summed E-state index contributed by atoms with van der Waals surface area (Å²) in [5.74, 6) is 0.837. The first-order chi connectivity index (χ1) is 9.84. The third-order valence-electron chi connectivity index (χ3n) is 3.71. The molecule has 0 spiro atoms. The summed E-state index contributed by atoms with van der Waals surface area (Å²) in [5, 5.41) is 3.23. The van der Waals surface area contributed by atoms with Gasteiger partial charge in [0.25, 0.3) is 0 Å². The molecule has 1 N–H and O–H groups in total. The van der Waals surface area contributed by atoms with Crippen LogP contribution in [0.4, 0.5) is 0 Å². The van der Waals surface area contributed by atoms with Crippen LogP contribution in [0, 0.1) is 11.8 Å². The zero-order valence-electron chi connectivity index (χ0n) is 12.7. The van der Waals surface area contributed by atoms with Crippen molar-refractivity contribution in [1.82, 2.24) is 9.62 Å². The molecule has 2 unspecified atom stereocenters. The summed E-state index contributed by atoms with van der Waals surface area (Å²) >= 11 is 4.92. The molecule has 1 saturated heterocycles. The van der Waals surface area contributed by atoms with Crippen molar-refractivity contribution in [2.75, 3.05) is 19.6 Å². The second-order valence-electron chi connectivity index (χ2n) is 5.90. The molecule has 0 radical (unpaired) electrons. The first-order valence-corrected chi connectivity index (χ1v) is 10.4. The molecule has 0 aliphatic carbocycles. The summed E-state index contributed by atoms with van der Waals surface area (Å²) in [6.07, 6.45) is 1.10. The third kappa shape index (κ3) is 4.07. The summed E-state index contributed by atoms with van der Waals surface area (Å²) in [4.78, 5) is 1.46. The van der Waals surface area contributed by atoms with Gasteiger partial charge < -0.3 is 5.32 Å². The summed E-state index contributed by atoms with van der Waals surface area (Å²) < 4.78 is 28.1. The monoisotopic (exact) mass is 394 g/mol. The van der Waals surface area contributed by atoms with Gasteiger partial charge in [-0.15, -0.1) is 11.3 Å². The summed E-state index contributed by atoms with van der Waals surface area (Å²) in [6.45, 7) is 9.11. The molecule has 7 heteroatoms. The van der Waals surface area contributed by atoms with Crippen molar-refractivity contribution >= 4 is 37.3 Å². The number of thiophene rings is 1. The molecular formula is C14H23BrN2O2S2. The maximum Gasteiger partial charge on any atom is 0.245 e. The number of piperidine rings is 1. The van der Waals surface area contributed by atoms with Gasteiger partial charge in [-0.2, -0.15) is 4.31 Å². The Morgan fingerprint density at radius 1 is 1.38 bits per heavy atom. The van der Waals surface area contributed by atoms with E-state index >= 15 is 0 Å². The van der Waals surface area contributed by atoms with E-state index in [2.05, 4.69) is 35.1 Å². The Morgan fingerprint density at radius 3 is 2.57 bits per heavy atom. The number of rotatable bonds is 5. The Labute approximate surface area is 140 Å². The summed E-state index contributed by atoms with van der Waals surface area (Å²) in [7, 11) is -3.39. The zero-order chi connectivity index (χ0) is 15.6. The number of nitrogens with one attached hydrogen (secondary N) is 1. The predicted octanol–water partition coefficient (Wildman–Crippen LogP) is 3.29. The average Bonchev–Trinajstić information content (AvgIpc) is 2.77. The minimum absolute atomic E-state index is 0.418. The maximum atomic E-state index is 12.9. The highest BCUT2D eigenvalue weighted by Gasteiger charge is 2.33. The molecule has 2 atom stereocenters. The lowest BCUT2D eigenvalue weighted by Crippen LogP contribution is -2.42. The number of hydrogen-bond donors (Lipinski definition) is 1. The molecule has 4 nitrogen and oxygen atoms in total. The molecule has 120 valence electrons. The van der Waals surface area contributed by atoms with Gasteiger partial charge >= 0.3 is 0 Å². The van der Waals surface area contributed by atoms with E-state index in [0.717, 1.165) is 17.8 Å². The van der Waals surface area contributed by atoms with Gasteiger partial charge in [0, 0.05) is 24.5 Å². The van der Waals surface area contributed by atoms with Crippen LogP contribution in [0.5, 0.6) is 0 Å². The Bertz CT molecular complexity index is 576. The second kappa shape index (κ2) is 7.08. The van der Waals surface area contributed by atoms with E-state index in [0.29, 0.717) is 40.2 Å². The quantitative estimate of drug-likeness (QED) is 0.833. The standard InChI is InChI=1S/C14H23BrN2O2S2/c1-4-16-7-12-6-13(14(15)20-12)21(18,19)17-8-10(2)5-11(3)9-17/h6,10-11,16H,4-5,7-9H2,1-3H3. The fourth-order valence-electron chi connectivity index (χ4n) is 2.85. The van der Waals surface area contributed by atoms with Gasteiger partial charge in [-0.05, 0) is 46.8 Å². The molecule has 1 aliphatic heterocycles. The lowest BCUT2D eigenvalue weighted by Gasteiger charge is -2.33. The lowest BCUT2D eigenvalue weighted by atomic mass is 9.94. The van der Waals surface area contributed by atoms with E-state index in [1.807, 2.05) is 6.92 Å². The second-order valence-corrected chi connectivity index (χ2v) is 10.3. The van der Waals surface area contributed by atoms with Crippen LogP contribution in [0.1, 0.15) is 32.1 Å². The van der Waals surface area contributed by atoms with Gasteiger partial charge in [0.05, 0.1) is 3.79 Å². The van der Waals surface area contributed by atoms with Crippen LogP contribution in [-0.4, -0.2) is 32.4 Å². The molecular weight excluding hydrogens is 372 g/mol. The third-order valence-corrected chi connectivity index (χ3v) is 7.79. The SMILES string of the molecule is CCNCc1cc(S(=O)(=O)N2CC(C)CC(C)C2)c(Br)s1. The van der Waals surface area contributed by atoms with Crippen LogP contribution in [0.15, 0.2) is 14.7 Å². The topological polar surface area (TPSA) is 49.4 Å². The van der Waals surface area contributed by atoms with Crippen LogP contribution >= 0.6 is 27.3 Å². The van der Waals surface area contributed by atoms with E-state index in [9.17, 15) is 8.42 Å². The first kappa shape index (κ1) is 17.4. The minimum atomic E-state index is -3.39. The number of sulfonamides is 1. The van der Waals surface area contributed by atoms with E-state index in [1.165, 1.54) is 11.3 Å². The molecule has 1 aromatic rings. The van der Waals surface area contributed by atoms with Crippen LogP contribution in [-0.2, 0) is 16.6 Å². The Hall–Kier alpha value is 0.0500. The Kier molecular flexibility index (Phi) is 5.87. The van der Waals surface area contributed by atoms with Crippen LogP contribution < -0.4 is 5.32 Å². The highest BCUT2D eigenvalue weighted by Crippen LogP contribution is 2.35. The minimum Gasteiger partial charge on any atom is -0.312 e. The predicted molar refractivity (Wildman–Crippen MR) is 91.1 cm³/mol. The number of nitrogens with zero attached hydrogens (tertiary/aromatic N) is 1. The van der Waals surface area contributed by atoms with Crippen molar-refractivity contribution < 1.29 is 8.42 Å². The van der Waals surface area contributed by atoms with Crippen LogP contribution in [0.25, 0.3) is 0 Å². The molecule has 1 aromatic heterocycles. The summed E-state index contributed by atoms with van der Waals surface area (Å²) in [5.41, 5.74) is 0. The number of hydrogen-bond acceptors (Lipinski definition) is 4.